The first kappa shape index (κ1) is 15.7. The highest BCUT2D eigenvalue weighted by molar-refractivity contribution is 9.10. The maximum absolute atomic E-state index is 4.54. The molecule has 0 aliphatic carbocycles. The maximum Gasteiger partial charge on any atom is 0.0738 e. The minimum absolute atomic E-state index is 0.614. The highest BCUT2D eigenvalue weighted by Crippen LogP contribution is 2.23. The first-order valence-corrected chi connectivity index (χ1v) is 7.69. The van der Waals surface area contributed by atoms with Gasteiger partial charge in [0.15, 0.2) is 0 Å². The van der Waals surface area contributed by atoms with Gasteiger partial charge >= 0.3 is 0 Å². The lowest BCUT2D eigenvalue weighted by Crippen LogP contribution is -2.30. The molecule has 4 heteroatoms. The zero-order chi connectivity index (χ0) is 13.7. The van der Waals surface area contributed by atoms with Crippen LogP contribution in [-0.4, -0.2) is 22.9 Å². The van der Waals surface area contributed by atoms with Crippen molar-refractivity contribution in [3.63, 3.8) is 0 Å². The van der Waals surface area contributed by atoms with E-state index in [-0.39, 0.29) is 0 Å². The van der Waals surface area contributed by atoms with Crippen LogP contribution in [0.1, 0.15) is 45.0 Å². The predicted octanol–water partition coefficient (Wildman–Crippen LogP) is 3.54. The van der Waals surface area contributed by atoms with Crippen molar-refractivity contribution in [2.75, 3.05) is 7.05 Å². The summed E-state index contributed by atoms with van der Waals surface area (Å²) in [4.78, 5) is 0. The Morgan fingerprint density at radius 1 is 1.39 bits per heavy atom. The van der Waals surface area contributed by atoms with E-state index in [2.05, 4.69) is 65.8 Å². The Balaban J connectivity index is 2.58. The van der Waals surface area contributed by atoms with Gasteiger partial charge in [0.25, 0.3) is 0 Å². The lowest BCUT2D eigenvalue weighted by atomic mass is 9.98. The zero-order valence-corrected chi connectivity index (χ0v) is 13.8. The fraction of sp³-hybridized carbons (Fsp3) is 0.786. The second-order valence-electron chi connectivity index (χ2n) is 5.19. The third kappa shape index (κ3) is 3.82. The quantitative estimate of drug-likeness (QED) is 0.834. The smallest absolute Gasteiger partial charge is 0.0738 e. The van der Waals surface area contributed by atoms with Gasteiger partial charge in [-0.3, -0.25) is 4.68 Å². The Bertz CT molecular complexity index is 371. The van der Waals surface area contributed by atoms with E-state index >= 15 is 0 Å². The Labute approximate surface area is 119 Å². The van der Waals surface area contributed by atoms with Crippen molar-refractivity contribution < 1.29 is 0 Å². The fourth-order valence-corrected chi connectivity index (χ4v) is 2.89. The molecule has 0 aliphatic rings. The molecule has 1 heterocycles. The molecular formula is C14H26BrN3. The molecule has 1 aromatic rings. The van der Waals surface area contributed by atoms with Gasteiger partial charge in [0.05, 0.1) is 15.9 Å². The van der Waals surface area contributed by atoms with Gasteiger partial charge in [-0.2, -0.15) is 5.10 Å². The zero-order valence-electron chi connectivity index (χ0n) is 12.3. The first-order chi connectivity index (χ1) is 8.51. The number of hydrogen-bond acceptors (Lipinski definition) is 2. The van der Waals surface area contributed by atoms with Crippen LogP contribution in [0.5, 0.6) is 0 Å². The summed E-state index contributed by atoms with van der Waals surface area (Å²) in [6.07, 6.45) is 3.52. The summed E-state index contributed by atoms with van der Waals surface area (Å²) in [6, 6.07) is 0.614. The molecule has 0 saturated carbocycles. The molecule has 1 atom stereocenters. The Morgan fingerprint density at radius 2 is 2.06 bits per heavy atom. The Kier molecular flexibility index (Phi) is 6.36. The van der Waals surface area contributed by atoms with E-state index in [9.17, 15) is 0 Å². The Hall–Kier alpha value is -0.350. The Morgan fingerprint density at radius 3 is 2.56 bits per heavy atom. The van der Waals surface area contributed by atoms with Crippen LogP contribution in [0.4, 0.5) is 0 Å². The van der Waals surface area contributed by atoms with Crippen molar-refractivity contribution >= 4 is 15.9 Å². The third-order valence-electron chi connectivity index (χ3n) is 3.56. The number of nitrogens with one attached hydrogen (secondary N) is 1. The molecule has 0 amide bonds. The average Bonchev–Trinajstić information content (AvgIpc) is 2.61. The van der Waals surface area contributed by atoms with E-state index in [0.29, 0.717) is 12.0 Å². The minimum atomic E-state index is 0.614. The van der Waals surface area contributed by atoms with Crippen molar-refractivity contribution in [3.8, 4) is 0 Å². The molecule has 0 radical (unpaired) electrons. The van der Waals surface area contributed by atoms with Crippen molar-refractivity contribution in [3.05, 3.63) is 15.9 Å². The molecule has 1 N–H and O–H groups in total. The van der Waals surface area contributed by atoms with Crippen LogP contribution in [0.2, 0.25) is 0 Å². The number of nitrogens with zero attached hydrogens (tertiary/aromatic N) is 2. The monoisotopic (exact) mass is 315 g/mol. The van der Waals surface area contributed by atoms with Crippen molar-refractivity contribution in [2.24, 2.45) is 5.92 Å². The van der Waals surface area contributed by atoms with E-state index in [1.165, 1.54) is 23.0 Å². The fourth-order valence-electron chi connectivity index (χ4n) is 2.41. The van der Waals surface area contributed by atoms with Crippen LogP contribution in [0.15, 0.2) is 4.47 Å². The summed E-state index contributed by atoms with van der Waals surface area (Å²) in [6.45, 7) is 9.70. The first-order valence-electron chi connectivity index (χ1n) is 6.90. The summed E-state index contributed by atoms with van der Waals surface area (Å²) < 4.78 is 3.30. The van der Waals surface area contributed by atoms with Crippen molar-refractivity contribution in [1.82, 2.24) is 15.1 Å². The molecule has 1 rings (SSSR count). The molecule has 0 aromatic carbocycles. The molecule has 1 aromatic heterocycles. The summed E-state index contributed by atoms with van der Waals surface area (Å²) in [5.41, 5.74) is 2.44. The second-order valence-corrected chi connectivity index (χ2v) is 5.99. The lowest BCUT2D eigenvalue weighted by Gasteiger charge is -2.20. The van der Waals surface area contributed by atoms with E-state index in [1.807, 2.05) is 0 Å². The van der Waals surface area contributed by atoms with Crippen molar-refractivity contribution in [1.29, 1.82) is 0 Å². The van der Waals surface area contributed by atoms with Crippen LogP contribution in [0.25, 0.3) is 0 Å². The van der Waals surface area contributed by atoms with Crippen molar-refractivity contribution in [2.45, 2.75) is 59.5 Å². The number of hydrogen-bond donors (Lipinski definition) is 1. The van der Waals surface area contributed by atoms with Crippen LogP contribution in [-0.2, 0) is 13.0 Å². The predicted molar refractivity (Wildman–Crippen MR) is 81.0 cm³/mol. The third-order valence-corrected chi connectivity index (χ3v) is 4.59. The maximum atomic E-state index is 4.54. The van der Waals surface area contributed by atoms with Gasteiger partial charge in [-0.05, 0) is 62.0 Å². The average molecular weight is 316 g/mol. The highest BCUT2D eigenvalue weighted by Gasteiger charge is 2.14. The lowest BCUT2D eigenvalue weighted by molar-refractivity contribution is 0.391. The topological polar surface area (TPSA) is 29.9 Å². The largest absolute Gasteiger partial charge is 0.317 e. The van der Waals surface area contributed by atoms with Gasteiger partial charge in [-0.1, -0.05) is 13.8 Å². The van der Waals surface area contributed by atoms with Gasteiger partial charge in [0.1, 0.15) is 0 Å². The molecule has 0 bridgehead atoms. The van der Waals surface area contributed by atoms with Gasteiger partial charge in [-0.15, -0.1) is 0 Å². The number of halogens is 1. The summed E-state index contributed by atoms with van der Waals surface area (Å²) in [5, 5.41) is 7.94. The van der Waals surface area contributed by atoms with Gasteiger partial charge in [0.2, 0.25) is 0 Å². The molecule has 104 valence electrons. The summed E-state index contributed by atoms with van der Waals surface area (Å²) >= 11 is 3.66. The van der Waals surface area contributed by atoms with Gasteiger partial charge < -0.3 is 5.32 Å². The van der Waals surface area contributed by atoms with Crippen LogP contribution >= 0.6 is 15.9 Å². The number of rotatable bonds is 7. The molecule has 0 saturated heterocycles. The van der Waals surface area contributed by atoms with E-state index in [0.717, 1.165) is 18.7 Å². The summed E-state index contributed by atoms with van der Waals surface area (Å²) in [7, 11) is 2.06. The molecule has 1 unspecified atom stereocenters. The second kappa shape index (κ2) is 7.29. The standard InChI is InChI=1S/C14H26BrN3/c1-6-18-13(14(15)11(4)17-18)9-7-8-12(16-5)10(2)3/h10,12,16H,6-9H2,1-5H3. The molecule has 18 heavy (non-hydrogen) atoms. The van der Waals surface area contributed by atoms with E-state index < -0.39 is 0 Å². The van der Waals surface area contributed by atoms with Crippen LogP contribution in [0, 0.1) is 12.8 Å². The van der Waals surface area contributed by atoms with E-state index in [1.54, 1.807) is 0 Å². The van der Waals surface area contributed by atoms with E-state index in [4.69, 9.17) is 0 Å². The molecule has 0 fully saturated rings. The number of aromatic nitrogens is 2. The molecule has 0 spiro atoms. The van der Waals surface area contributed by atoms with Crippen LogP contribution < -0.4 is 5.32 Å². The highest BCUT2D eigenvalue weighted by atomic mass is 79.9. The normalized spacial score (nSPS) is 13.3. The summed E-state index contributed by atoms with van der Waals surface area (Å²) in [5.74, 6) is 0.691. The number of aryl methyl sites for hydroxylation is 2. The van der Waals surface area contributed by atoms with Gasteiger partial charge in [0, 0.05) is 12.6 Å². The van der Waals surface area contributed by atoms with Gasteiger partial charge in [-0.25, -0.2) is 0 Å². The minimum Gasteiger partial charge on any atom is -0.317 e. The SMILES string of the molecule is CCn1nc(C)c(Br)c1CCCC(NC)C(C)C. The van der Waals surface area contributed by atoms with Crippen LogP contribution in [0.3, 0.4) is 0 Å². The molecule has 3 nitrogen and oxygen atoms in total. The molecule has 0 aliphatic heterocycles. The molecular weight excluding hydrogens is 290 g/mol.